The first-order chi connectivity index (χ1) is 25.6. The van der Waals surface area contributed by atoms with Crippen molar-refractivity contribution < 1.29 is 37.3 Å². The lowest BCUT2D eigenvalue weighted by Gasteiger charge is -2.28. The van der Waals surface area contributed by atoms with Crippen LogP contribution in [0.3, 0.4) is 0 Å². The Morgan fingerprint density at radius 3 is 1.55 bits per heavy atom. The molecule has 0 aromatic heterocycles. The highest BCUT2D eigenvalue weighted by atomic mass is 31.2. The SMILES string of the molecule is CC/C=C\C/C=C\C/C=C\CCCCCCCCCC(=O)OC(COCCCCCC/C=C\C/C=C\C/C=C\CC)COP(=O)([O-])OCC[N+](C)(C)C. The Bertz CT molecular complexity index is 1070. The van der Waals surface area contributed by atoms with Crippen LogP contribution in [0.4, 0.5) is 0 Å². The molecule has 0 radical (unpaired) electrons. The molecule has 0 N–H and O–H groups in total. The van der Waals surface area contributed by atoms with Gasteiger partial charge in [-0.3, -0.25) is 9.36 Å². The third-order valence-corrected chi connectivity index (χ3v) is 9.22. The summed E-state index contributed by atoms with van der Waals surface area (Å²) in [5.41, 5.74) is 0. The van der Waals surface area contributed by atoms with Crippen molar-refractivity contribution in [2.24, 2.45) is 0 Å². The maximum Gasteiger partial charge on any atom is 0.306 e. The zero-order chi connectivity index (χ0) is 39.1. The number of quaternary nitrogens is 1. The van der Waals surface area contributed by atoms with Crippen molar-refractivity contribution in [1.82, 2.24) is 0 Å². The highest BCUT2D eigenvalue weighted by Crippen LogP contribution is 2.38. The summed E-state index contributed by atoms with van der Waals surface area (Å²) >= 11 is 0. The van der Waals surface area contributed by atoms with Gasteiger partial charge in [0.2, 0.25) is 0 Å². The van der Waals surface area contributed by atoms with E-state index in [1.165, 1.54) is 19.3 Å². The van der Waals surface area contributed by atoms with Gasteiger partial charge in [-0.15, -0.1) is 0 Å². The second-order valence-electron chi connectivity index (χ2n) is 14.6. The molecule has 0 bridgehead atoms. The van der Waals surface area contributed by atoms with Gasteiger partial charge in [0.25, 0.3) is 7.82 Å². The molecule has 0 amide bonds. The minimum atomic E-state index is -4.53. The molecular formula is C44H78NO7P. The van der Waals surface area contributed by atoms with Gasteiger partial charge in [-0.25, -0.2) is 0 Å². The van der Waals surface area contributed by atoms with Crippen molar-refractivity contribution in [2.75, 3.05) is 54.1 Å². The lowest BCUT2D eigenvalue weighted by Crippen LogP contribution is -2.37. The number of unbranched alkanes of at least 4 members (excludes halogenated alkanes) is 11. The lowest BCUT2D eigenvalue weighted by molar-refractivity contribution is -0.870. The summed E-state index contributed by atoms with van der Waals surface area (Å²) in [6.45, 7) is 5.09. The van der Waals surface area contributed by atoms with Crippen LogP contribution in [-0.4, -0.2) is 70.7 Å². The number of phosphoric acid groups is 1. The summed E-state index contributed by atoms with van der Waals surface area (Å²) < 4.78 is 34.5. The number of phosphoric ester groups is 1. The van der Waals surface area contributed by atoms with E-state index in [0.29, 0.717) is 24.1 Å². The first kappa shape index (κ1) is 50.9. The van der Waals surface area contributed by atoms with Gasteiger partial charge in [-0.05, 0) is 77.0 Å². The van der Waals surface area contributed by atoms with Gasteiger partial charge in [0.05, 0.1) is 34.4 Å². The van der Waals surface area contributed by atoms with Gasteiger partial charge in [0.1, 0.15) is 19.3 Å². The number of allylic oxidation sites excluding steroid dienone is 12. The predicted molar refractivity (Wildman–Crippen MR) is 222 cm³/mol. The summed E-state index contributed by atoms with van der Waals surface area (Å²) in [4.78, 5) is 25.0. The van der Waals surface area contributed by atoms with Gasteiger partial charge in [0.15, 0.2) is 0 Å². The van der Waals surface area contributed by atoms with Crippen LogP contribution >= 0.6 is 7.82 Å². The number of rotatable bonds is 37. The fourth-order valence-electron chi connectivity index (χ4n) is 5.10. The maximum atomic E-state index is 12.7. The Balaban J connectivity index is 4.33. The average molecular weight is 764 g/mol. The number of esters is 1. The Morgan fingerprint density at radius 2 is 1.04 bits per heavy atom. The third-order valence-electron chi connectivity index (χ3n) is 8.25. The topological polar surface area (TPSA) is 94.1 Å². The summed E-state index contributed by atoms with van der Waals surface area (Å²) in [7, 11) is 1.32. The van der Waals surface area contributed by atoms with Crippen molar-refractivity contribution in [3.8, 4) is 0 Å². The molecule has 0 aliphatic rings. The molecule has 9 heteroatoms. The Hall–Kier alpha value is -2.06. The smallest absolute Gasteiger partial charge is 0.306 e. The molecule has 0 aliphatic carbocycles. The van der Waals surface area contributed by atoms with E-state index in [9.17, 15) is 14.3 Å². The van der Waals surface area contributed by atoms with Crippen LogP contribution < -0.4 is 4.89 Å². The maximum absolute atomic E-state index is 12.7. The second kappa shape index (κ2) is 36.9. The van der Waals surface area contributed by atoms with Crippen LogP contribution in [0.25, 0.3) is 0 Å². The van der Waals surface area contributed by atoms with E-state index in [0.717, 1.165) is 103 Å². The molecule has 306 valence electrons. The number of nitrogens with zero attached hydrogens (tertiary/aromatic N) is 1. The second-order valence-corrected chi connectivity index (χ2v) is 16.0. The Kier molecular flexibility index (Phi) is 35.5. The zero-order valence-electron chi connectivity index (χ0n) is 34.4. The average Bonchev–Trinajstić information content (AvgIpc) is 3.11. The number of ether oxygens (including phenoxy) is 2. The van der Waals surface area contributed by atoms with Crippen LogP contribution in [0.15, 0.2) is 72.9 Å². The van der Waals surface area contributed by atoms with E-state index in [1.54, 1.807) is 0 Å². The van der Waals surface area contributed by atoms with Crippen molar-refractivity contribution >= 4 is 13.8 Å². The lowest BCUT2D eigenvalue weighted by atomic mass is 10.1. The van der Waals surface area contributed by atoms with Gasteiger partial charge >= 0.3 is 5.97 Å². The van der Waals surface area contributed by atoms with Crippen LogP contribution in [0.2, 0.25) is 0 Å². The van der Waals surface area contributed by atoms with E-state index in [2.05, 4.69) is 86.8 Å². The molecular weight excluding hydrogens is 685 g/mol. The van der Waals surface area contributed by atoms with E-state index in [1.807, 2.05) is 21.1 Å². The molecule has 2 unspecified atom stereocenters. The fraction of sp³-hybridized carbons (Fsp3) is 0.705. The molecule has 0 rings (SSSR count). The first-order valence-corrected chi connectivity index (χ1v) is 22.1. The van der Waals surface area contributed by atoms with Gasteiger partial charge in [-0.2, -0.15) is 0 Å². The normalized spacial score (nSPS) is 14.6. The molecule has 0 saturated heterocycles. The van der Waals surface area contributed by atoms with Crippen molar-refractivity contribution in [3.63, 3.8) is 0 Å². The monoisotopic (exact) mass is 764 g/mol. The number of hydrogen-bond donors (Lipinski definition) is 0. The first-order valence-electron chi connectivity index (χ1n) is 20.7. The third kappa shape index (κ3) is 41.0. The van der Waals surface area contributed by atoms with Crippen molar-refractivity contribution in [2.45, 2.75) is 148 Å². The summed E-state index contributed by atoms with van der Waals surface area (Å²) in [6, 6.07) is 0. The minimum absolute atomic E-state index is 0.0154. The van der Waals surface area contributed by atoms with Crippen molar-refractivity contribution in [1.29, 1.82) is 0 Å². The molecule has 0 aromatic carbocycles. The Morgan fingerprint density at radius 1 is 0.585 bits per heavy atom. The largest absolute Gasteiger partial charge is 0.756 e. The molecule has 53 heavy (non-hydrogen) atoms. The zero-order valence-corrected chi connectivity index (χ0v) is 35.3. The minimum Gasteiger partial charge on any atom is -0.756 e. The van der Waals surface area contributed by atoms with Crippen LogP contribution in [-0.2, 0) is 27.9 Å². The van der Waals surface area contributed by atoms with E-state index in [-0.39, 0.29) is 25.8 Å². The van der Waals surface area contributed by atoms with Crippen LogP contribution in [0, 0.1) is 0 Å². The highest BCUT2D eigenvalue weighted by molar-refractivity contribution is 7.45. The van der Waals surface area contributed by atoms with Crippen molar-refractivity contribution in [3.05, 3.63) is 72.9 Å². The van der Waals surface area contributed by atoms with E-state index in [4.69, 9.17) is 18.5 Å². The summed E-state index contributed by atoms with van der Waals surface area (Å²) in [5.74, 6) is -0.357. The number of likely N-dealkylation sites (N-methyl/N-ethyl adjacent to an activating group) is 1. The quantitative estimate of drug-likeness (QED) is 0.0204. The van der Waals surface area contributed by atoms with E-state index >= 15 is 0 Å². The van der Waals surface area contributed by atoms with Gasteiger partial charge in [-0.1, -0.05) is 132 Å². The van der Waals surface area contributed by atoms with Crippen LogP contribution in [0.1, 0.15) is 142 Å². The van der Waals surface area contributed by atoms with E-state index < -0.39 is 13.9 Å². The molecule has 0 saturated carbocycles. The molecule has 0 aliphatic heterocycles. The predicted octanol–water partition coefficient (Wildman–Crippen LogP) is 11.3. The Labute approximate surface area is 325 Å². The molecule has 0 aromatic rings. The fourth-order valence-corrected chi connectivity index (χ4v) is 5.83. The summed E-state index contributed by atoms with van der Waals surface area (Å²) in [5, 5.41) is 0. The molecule has 2 atom stereocenters. The molecule has 0 spiro atoms. The van der Waals surface area contributed by atoms with Gasteiger partial charge < -0.3 is 27.9 Å². The number of carbonyl (C=O) groups is 1. The summed E-state index contributed by atoms with van der Waals surface area (Å²) in [6.07, 6.45) is 46.3. The molecule has 8 nitrogen and oxygen atoms in total. The molecule has 0 fully saturated rings. The molecule has 0 heterocycles. The van der Waals surface area contributed by atoms with Crippen LogP contribution in [0.5, 0.6) is 0 Å². The number of hydrogen-bond acceptors (Lipinski definition) is 7. The van der Waals surface area contributed by atoms with Gasteiger partial charge in [0, 0.05) is 13.0 Å². The number of carbonyl (C=O) groups excluding carboxylic acids is 1. The highest BCUT2D eigenvalue weighted by Gasteiger charge is 2.20. The standard InChI is InChI=1S/C44H78NO7P/c1-6-8-10-12-14-16-18-20-22-23-24-25-27-29-31-33-35-37-44(46)52-43(42-51-53(47,48)50-40-38-45(3,4)5)41-49-39-36-34-32-30-28-26-21-19-17-15-13-11-9-7-2/h8-11,14-17,20-22,26,43H,6-7,12-13,18-19,23-25,27-42H2,1-5H3/b10-8-,11-9-,16-14-,17-15-,22-20-,26-21-.